The van der Waals surface area contributed by atoms with Gasteiger partial charge in [0.2, 0.25) is 0 Å². The Bertz CT molecular complexity index is 742. The van der Waals surface area contributed by atoms with Gasteiger partial charge in [-0.05, 0) is 26.9 Å². The number of nitrogens with one attached hydrogen (secondary N) is 1. The second-order valence-electron chi connectivity index (χ2n) is 5.66. The van der Waals surface area contributed by atoms with Crippen molar-refractivity contribution >= 4 is 11.2 Å². The second kappa shape index (κ2) is 8.64. The third kappa shape index (κ3) is 4.29. The van der Waals surface area contributed by atoms with E-state index in [0.29, 0.717) is 24.3 Å². The van der Waals surface area contributed by atoms with Gasteiger partial charge in [0.15, 0.2) is 11.2 Å². The van der Waals surface area contributed by atoms with Gasteiger partial charge in [-0.15, -0.1) is 0 Å². The van der Waals surface area contributed by atoms with Gasteiger partial charge >= 0.3 is 5.69 Å². The standard InChI is InChI=1S/C13H20N4O3.C2H7N/c1-5-20-8-16-7-14-11-10(16)12(18)15(4)13(19)17(11)6-9(2)3;1-3-2/h7,9H,5-6,8H2,1-4H3;3H,1-2H3. The van der Waals surface area contributed by atoms with Crippen LogP contribution in [0.2, 0.25) is 0 Å². The molecule has 2 heterocycles. The molecule has 2 aromatic rings. The molecule has 0 unspecified atom stereocenters. The van der Waals surface area contributed by atoms with Gasteiger partial charge in [0.25, 0.3) is 5.56 Å². The molecule has 0 bridgehead atoms. The van der Waals surface area contributed by atoms with Crippen LogP contribution < -0.4 is 16.6 Å². The summed E-state index contributed by atoms with van der Waals surface area (Å²) < 4.78 is 9.62. The van der Waals surface area contributed by atoms with E-state index in [0.717, 1.165) is 4.57 Å². The fraction of sp³-hybridized carbons (Fsp3) is 0.667. The summed E-state index contributed by atoms with van der Waals surface area (Å²) in [6.45, 7) is 7.23. The zero-order valence-electron chi connectivity index (χ0n) is 14.8. The lowest BCUT2D eigenvalue weighted by Crippen LogP contribution is -2.39. The predicted molar refractivity (Wildman–Crippen MR) is 90.7 cm³/mol. The van der Waals surface area contributed by atoms with Crippen LogP contribution in [0.5, 0.6) is 0 Å². The minimum atomic E-state index is -0.345. The van der Waals surface area contributed by atoms with Crippen molar-refractivity contribution in [2.75, 3.05) is 20.7 Å². The van der Waals surface area contributed by atoms with Gasteiger partial charge in [-0.1, -0.05) is 13.8 Å². The number of imidazole rings is 1. The van der Waals surface area contributed by atoms with Crippen LogP contribution in [0, 0.1) is 5.92 Å². The molecule has 0 atom stereocenters. The molecule has 2 rings (SSSR count). The maximum Gasteiger partial charge on any atom is 0.332 e. The first kappa shape index (κ1) is 19.1. The summed E-state index contributed by atoms with van der Waals surface area (Å²) in [4.78, 5) is 28.7. The molecule has 1 N–H and O–H groups in total. The Kier molecular flexibility index (Phi) is 7.18. The SMILES string of the molecule is CCOCn1cnc2c1c(=O)n(C)c(=O)n2CC(C)C.CNC. The first-order valence-corrected chi connectivity index (χ1v) is 7.69. The van der Waals surface area contributed by atoms with E-state index in [4.69, 9.17) is 4.74 Å². The van der Waals surface area contributed by atoms with Gasteiger partial charge in [-0.2, -0.15) is 0 Å². The van der Waals surface area contributed by atoms with E-state index in [1.165, 1.54) is 13.4 Å². The Labute approximate surface area is 135 Å². The van der Waals surface area contributed by atoms with E-state index in [9.17, 15) is 9.59 Å². The highest BCUT2D eigenvalue weighted by Gasteiger charge is 2.16. The lowest BCUT2D eigenvalue weighted by Gasteiger charge is -2.11. The number of ether oxygens (including phenoxy) is 1. The molecule has 0 aliphatic heterocycles. The van der Waals surface area contributed by atoms with E-state index in [1.54, 1.807) is 9.13 Å². The highest BCUT2D eigenvalue weighted by Crippen LogP contribution is 2.08. The van der Waals surface area contributed by atoms with Crippen molar-refractivity contribution in [1.29, 1.82) is 0 Å². The van der Waals surface area contributed by atoms with Crippen LogP contribution in [-0.2, 0) is 25.1 Å². The molecule has 0 saturated heterocycles. The summed E-state index contributed by atoms with van der Waals surface area (Å²) in [6, 6.07) is 0. The third-order valence-corrected chi connectivity index (χ3v) is 3.08. The van der Waals surface area contributed by atoms with Crippen LogP contribution in [0.1, 0.15) is 20.8 Å². The molecular formula is C15H27N5O3. The van der Waals surface area contributed by atoms with E-state index >= 15 is 0 Å². The number of hydrogen-bond acceptors (Lipinski definition) is 5. The molecule has 0 saturated carbocycles. The molecule has 0 radical (unpaired) electrons. The molecule has 130 valence electrons. The maximum absolute atomic E-state index is 12.3. The normalized spacial score (nSPS) is 10.9. The van der Waals surface area contributed by atoms with Gasteiger partial charge in [0.1, 0.15) is 6.73 Å². The minimum absolute atomic E-state index is 0.252. The van der Waals surface area contributed by atoms with Crippen molar-refractivity contribution in [1.82, 2.24) is 24.0 Å². The van der Waals surface area contributed by atoms with Crippen LogP contribution in [0.25, 0.3) is 11.2 Å². The van der Waals surface area contributed by atoms with Crippen LogP contribution in [-0.4, -0.2) is 39.4 Å². The van der Waals surface area contributed by atoms with Gasteiger partial charge in [0.05, 0.1) is 6.33 Å². The summed E-state index contributed by atoms with van der Waals surface area (Å²) in [5.41, 5.74) is 0.146. The number of fused-ring (bicyclic) bond motifs is 1. The van der Waals surface area contributed by atoms with E-state index in [-0.39, 0.29) is 23.9 Å². The summed E-state index contributed by atoms with van der Waals surface area (Å²) >= 11 is 0. The first-order valence-electron chi connectivity index (χ1n) is 7.69. The van der Waals surface area contributed by atoms with Gasteiger partial charge in [-0.3, -0.25) is 13.9 Å². The maximum atomic E-state index is 12.3. The fourth-order valence-electron chi connectivity index (χ4n) is 2.12. The molecule has 8 heteroatoms. The van der Waals surface area contributed by atoms with Crippen LogP contribution in [0.3, 0.4) is 0 Å². The highest BCUT2D eigenvalue weighted by molar-refractivity contribution is 5.69. The first-order chi connectivity index (χ1) is 10.9. The van der Waals surface area contributed by atoms with Crippen molar-refractivity contribution in [2.45, 2.75) is 34.0 Å². The number of nitrogens with zero attached hydrogens (tertiary/aromatic N) is 4. The van der Waals surface area contributed by atoms with E-state index in [1.807, 2.05) is 34.9 Å². The molecular weight excluding hydrogens is 298 g/mol. The summed E-state index contributed by atoms with van der Waals surface area (Å²) in [7, 11) is 5.24. The number of rotatable bonds is 5. The molecule has 0 amide bonds. The van der Waals surface area contributed by atoms with E-state index < -0.39 is 0 Å². The Morgan fingerprint density at radius 2 is 1.91 bits per heavy atom. The van der Waals surface area contributed by atoms with Crippen LogP contribution in [0.15, 0.2) is 15.9 Å². The van der Waals surface area contributed by atoms with Crippen molar-refractivity contribution in [2.24, 2.45) is 13.0 Å². The molecule has 0 aromatic carbocycles. The average Bonchev–Trinajstić information content (AvgIpc) is 2.91. The Balaban J connectivity index is 0.000000816. The smallest absolute Gasteiger partial charge is 0.332 e. The average molecular weight is 325 g/mol. The van der Waals surface area contributed by atoms with Crippen molar-refractivity contribution in [3.05, 3.63) is 27.2 Å². The van der Waals surface area contributed by atoms with E-state index in [2.05, 4.69) is 10.3 Å². The predicted octanol–water partition coefficient (Wildman–Crippen LogP) is 0.382. The second-order valence-corrected chi connectivity index (χ2v) is 5.66. The van der Waals surface area contributed by atoms with Crippen LogP contribution >= 0.6 is 0 Å². The third-order valence-electron chi connectivity index (χ3n) is 3.08. The van der Waals surface area contributed by atoms with Gasteiger partial charge < -0.3 is 14.6 Å². The Morgan fingerprint density at radius 1 is 1.30 bits per heavy atom. The lowest BCUT2D eigenvalue weighted by molar-refractivity contribution is 0.0903. The minimum Gasteiger partial charge on any atom is -0.361 e. The monoisotopic (exact) mass is 325 g/mol. The largest absolute Gasteiger partial charge is 0.361 e. The van der Waals surface area contributed by atoms with Crippen molar-refractivity contribution in [3.63, 3.8) is 0 Å². The summed E-state index contributed by atoms with van der Waals surface area (Å²) in [6.07, 6.45) is 1.54. The zero-order chi connectivity index (χ0) is 17.6. The number of aromatic nitrogens is 4. The molecule has 0 aliphatic carbocycles. The lowest BCUT2D eigenvalue weighted by atomic mass is 10.2. The summed E-state index contributed by atoms with van der Waals surface area (Å²) in [5, 5.41) is 2.75. The molecule has 8 nitrogen and oxygen atoms in total. The van der Waals surface area contributed by atoms with Crippen LogP contribution in [0.4, 0.5) is 0 Å². The Hall–Kier alpha value is -1.93. The zero-order valence-corrected chi connectivity index (χ0v) is 14.8. The van der Waals surface area contributed by atoms with Crippen molar-refractivity contribution < 1.29 is 4.74 Å². The molecule has 0 spiro atoms. The quantitative estimate of drug-likeness (QED) is 0.859. The highest BCUT2D eigenvalue weighted by atomic mass is 16.5. The topological polar surface area (TPSA) is 83.1 Å². The molecule has 0 fully saturated rings. The molecule has 2 aromatic heterocycles. The van der Waals surface area contributed by atoms with Gasteiger partial charge in [0, 0.05) is 20.2 Å². The van der Waals surface area contributed by atoms with Crippen molar-refractivity contribution in [3.8, 4) is 0 Å². The molecule has 23 heavy (non-hydrogen) atoms. The fourth-order valence-corrected chi connectivity index (χ4v) is 2.12. The molecule has 0 aliphatic rings. The summed E-state index contributed by atoms with van der Waals surface area (Å²) in [5.74, 6) is 0.283. The number of hydrogen-bond donors (Lipinski definition) is 1. The Morgan fingerprint density at radius 3 is 2.43 bits per heavy atom. The van der Waals surface area contributed by atoms with Gasteiger partial charge in [-0.25, -0.2) is 9.78 Å².